The highest BCUT2D eigenvalue weighted by atomic mass is 16.5. The lowest BCUT2D eigenvalue weighted by atomic mass is 9.79. The van der Waals surface area contributed by atoms with Crippen LogP contribution in [-0.4, -0.2) is 29.4 Å². The molecule has 1 saturated heterocycles. The summed E-state index contributed by atoms with van der Waals surface area (Å²) >= 11 is 0. The average molecular weight is 251 g/mol. The van der Waals surface area contributed by atoms with Crippen molar-refractivity contribution in [2.24, 2.45) is 0 Å². The van der Waals surface area contributed by atoms with Crippen LogP contribution < -0.4 is 4.74 Å². The van der Waals surface area contributed by atoms with Crippen LogP contribution in [0.2, 0.25) is 0 Å². The van der Waals surface area contributed by atoms with Gasteiger partial charge in [-0.05, 0) is 25.5 Å². The molecular weight excluding hydrogens is 230 g/mol. The highest BCUT2D eigenvalue weighted by Crippen LogP contribution is 2.42. The molecular formula is C14H21NO3. The fraction of sp³-hybridized carbons (Fsp3) is 0.643. The molecule has 18 heavy (non-hydrogen) atoms. The van der Waals surface area contributed by atoms with Gasteiger partial charge in [0.2, 0.25) is 0 Å². The maximum absolute atomic E-state index is 10.9. The van der Waals surface area contributed by atoms with E-state index in [9.17, 15) is 5.11 Å². The molecule has 1 fully saturated rings. The lowest BCUT2D eigenvalue weighted by molar-refractivity contribution is -0.159. The maximum Gasteiger partial charge on any atom is 0.143 e. The largest absolute Gasteiger partial charge is 0.495 e. The minimum Gasteiger partial charge on any atom is -0.495 e. The molecule has 1 aromatic rings. The molecule has 1 N–H and O–H groups in total. The third-order valence-electron chi connectivity index (χ3n) is 3.81. The van der Waals surface area contributed by atoms with Crippen molar-refractivity contribution in [1.82, 2.24) is 4.98 Å². The molecule has 4 nitrogen and oxygen atoms in total. The number of aliphatic hydroxyl groups is 1. The van der Waals surface area contributed by atoms with Crippen molar-refractivity contribution < 1.29 is 14.6 Å². The molecule has 4 heteroatoms. The number of methoxy groups -OCH3 is 1. The molecule has 0 aromatic carbocycles. The van der Waals surface area contributed by atoms with Gasteiger partial charge >= 0.3 is 0 Å². The zero-order valence-electron chi connectivity index (χ0n) is 11.3. The Morgan fingerprint density at radius 1 is 1.56 bits per heavy atom. The molecule has 0 radical (unpaired) electrons. The zero-order chi connectivity index (χ0) is 13.2. The predicted octanol–water partition coefficient (Wildman–Crippen LogP) is 2.26. The molecule has 0 aliphatic carbocycles. The Hall–Kier alpha value is -1.13. The second-order valence-corrected chi connectivity index (χ2v) is 5.16. The van der Waals surface area contributed by atoms with Crippen LogP contribution in [0.15, 0.2) is 18.3 Å². The van der Waals surface area contributed by atoms with Gasteiger partial charge in [-0.1, -0.05) is 6.92 Å². The summed E-state index contributed by atoms with van der Waals surface area (Å²) in [7, 11) is 1.60. The van der Waals surface area contributed by atoms with Gasteiger partial charge in [-0.2, -0.15) is 0 Å². The summed E-state index contributed by atoms with van der Waals surface area (Å²) in [5.41, 5.74) is -0.638. The number of aromatic nitrogens is 1. The van der Waals surface area contributed by atoms with E-state index in [0.717, 1.165) is 6.42 Å². The summed E-state index contributed by atoms with van der Waals surface area (Å²) in [5.74, 6) is 0.639. The van der Waals surface area contributed by atoms with Crippen molar-refractivity contribution in [3.8, 4) is 5.75 Å². The van der Waals surface area contributed by atoms with E-state index in [1.807, 2.05) is 19.1 Å². The van der Waals surface area contributed by atoms with Crippen molar-refractivity contribution in [1.29, 1.82) is 0 Å². The second kappa shape index (κ2) is 4.86. The lowest BCUT2D eigenvalue weighted by Gasteiger charge is -2.43. The van der Waals surface area contributed by atoms with Crippen LogP contribution in [0.3, 0.4) is 0 Å². The predicted molar refractivity (Wildman–Crippen MR) is 68.6 cm³/mol. The number of rotatable bonds is 3. The minimum atomic E-state index is -0.963. The first-order valence-corrected chi connectivity index (χ1v) is 6.39. The van der Waals surface area contributed by atoms with E-state index >= 15 is 0 Å². The molecule has 0 spiro atoms. The van der Waals surface area contributed by atoms with Gasteiger partial charge in [0.05, 0.1) is 19.3 Å². The van der Waals surface area contributed by atoms with Crippen LogP contribution in [0.5, 0.6) is 5.75 Å². The molecule has 1 aliphatic rings. The normalized spacial score (nSPS) is 32.2. The van der Waals surface area contributed by atoms with Crippen LogP contribution in [0.25, 0.3) is 0 Å². The summed E-state index contributed by atoms with van der Waals surface area (Å²) in [6, 6.07) is 3.64. The Labute approximate surface area is 108 Å². The molecule has 0 bridgehead atoms. The molecule has 0 saturated carbocycles. The quantitative estimate of drug-likeness (QED) is 0.895. The monoisotopic (exact) mass is 251 g/mol. The first-order chi connectivity index (χ1) is 8.53. The third kappa shape index (κ3) is 2.35. The van der Waals surface area contributed by atoms with E-state index in [-0.39, 0.29) is 5.60 Å². The van der Waals surface area contributed by atoms with Crippen LogP contribution >= 0.6 is 0 Å². The highest BCUT2D eigenvalue weighted by Gasteiger charge is 2.44. The summed E-state index contributed by atoms with van der Waals surface area (Å²) in [4.78, 5) is 4.31. The van der Waals surface area contributed by atoms with E-state index < -0.39 is 5.60 Å². The van der Waals surface area contributed by atoms with Gasteiger partial charge < -0.3 is 14.6 Å². The number of hydrogen-bond donors (Lipinski definition) is 1. The third-order valence-corrected chi connectivity index (χ3v) is 3.81. The average Bonchev–Trinajstić information content (AvgIpc) is 2.38. The van der Waals surface area contributed by atoms with Crippen molar-refractivity contribution in [2.45, 2.75) is 44.3 Å². The van der Waals surface area contributed by atoms with E-state index in [1.54, 1.807) is 13.3 Å². The minimum absolute atomic E-state index is 0.296. The standard InChI is InChI=1S/C14H21NO3/c1-4-13(2)10-14(16,7-9-18-13)12-11(17-3)6-5-8-15-12/h5-6,8,16H,4,7,9-10H2,1-3H3. The summed E-state index contributed by atoms with van der Waals surface area (Å²) in [6.07, 6.45) is 3.65. The van der Waals surface area contributed by atoms with Gasteiger partial charge in [0.15, 0.2) is 0 Å². The SMILES string of the molecule is CCC1(C)CC(O)(c2ncccc2OC)CCO1. The van der Waals surface area contributed by atoms with E-state index in [0.29, 0.717) is 30.9 Å². The van der Waals surface area contributed by atoms with Crippen molar-refractivity contribution >= 4 is 0 Å². The van der Waals surface area contributed by atoms with Crippen molar-refractivity contribution in [2.75, 3.05) is 13.7 Å². The van der Waals surface area contributed by atoms with E-state index in [1.165, 1.54) is 0 Å². The first kappa shape index (κ1) is 13.3. The first-order valence-electron chi connectivity index (χ1n) is 6.39. The smallest absolute Gasteiger partial charge is 0.143 e. The summed E-state index contributed by atoms with van der Waals surface area (Å²) < 4.78 is 11.1. The van der Waals surface area contributed by atoms with Gasteiger partial charge in [0, 0.05) is 19.0 Å². The van der Waals surface area contributed by atoms with Crippen LogP contribution in [0.4, 0.5) is 0 Å². The van der Waals surface area contributed by atoms with Crippen molar-refractivity contribution in [3.05, 3.63) is 24.0 Å². The van der Waals surface area contributed by atoms with Crippen molar-refractivity contribution in [3.63, 3.8) is 0 Å². The number of pyridine rings is 1. The van der Waals surface area contributed by atoms with E-state index in [4.69, 9.17) is 9.47 Å². The summed E-state index contributed by atoms with van der Waals surface area (Å²) in [5, 5.41) is 10.9. The number of hydrogen-bond acceptors (Lipinski definition) is 4. The maximum atomic E-state index is 10.9. The molecule has 1 aromatic heterocycles. The Morgan fingerprint density at radius 3 is 3.00 bits per heavy atom. The fourth-order valence-electron chi connectivity index (χ4n) is 2.56. The summed E-state index contributed by atoms with van der Waals surface area (Å²) in [6.45, 7) is 4.65. The Morgan fingerprint density at radius 2 is 2.33 bits per heavy atom. The highest BCUT2D eigenvalue weighted by molar-refractivity contribution is 5.32. The molecule has 2 atom stereocenters. The second-order valence-electron chi connectivity index (χ2n) is 5.16. The zero-order valence-corrected chi connectivity index (χ0v) is 11.3. The molecule has 100 valence electrons. The van der Waals surface area contributed by atoms with Gasteiger partial charge in [0.25, 0.3) is 0 Å². The Kier molecular flexibility index (Phi) is 3.59. The number of ether oxygens (including phenoxy) is 2. The van der Waals surface area contributed by atoms with Crippen LogP contribution in [-0.2, 0) is 10.3 Å². The van der Waals surface area contributed by atoms with Crippen LogP contribution in [0, 0.1) is 0 Å². The van der Waals surface area contributed by atoms with Gasteiger partial charge in [-0.15, -0.1) is 0 Å². The Bertz CT molecular complexity index is 423. The van der Waals surface area contributed by atoms with Gasteiger partial charge in [-0.25, -0.2) is 0 Å². The molecule has 0 amide bonds. The van der Waals surface area contributed by atoms with Gasteiger partial charge in [-0.3, -0.25) is 4.98 Å². The lowest BCUT2D eigenvalue weighted by Crippen LogP contribution is -2.45. The van der Waals surface area contributed by atoms with Crippen LogP contribution in [0.1, 0.15) is 38.8 Å². The topological polar surface area (TPSA) is 51.6 Å². The van der Waals surface area contributed by atoms with Gasteiger partial charge in [0.1, 0.15) is 17.0 Å². The molecule has 2 rings (SSSR count). The molecule has 2 unspecified atom stereocenters. The fourth-order valence-corrected chi connectivity index (χ4v) is 2.56. The molecule has 2 heterocycles. The van der Waals surface area contributed by atoms with E-state index in [2.05, 4.69) is 11.9 Å². The molecule has 1 aliphatic heterocycles. The number of nitrogens with zero attached hydrogens (tertiary/aromatic N) is 1. The Balaban J connectivity index is 2.35.